The molecule has 1 N–H and O–H groups in total. The minimum atomic E-state index is -0.749. The molecule has 2 unspecified atom stereocenters. The minimum absolute atomic E-state index is 0.0490. The highest BCUT2D eigenvalue weighted by atomic mass is 16.7. The van der Waals surface area contributed by atoms with Crippen molar-refractivity contribution in [2.75, 3.05) is 26.4 Å². The summed E-state index contributed by atoms with van der Waals surface area (Å²) in [5.74, 6) is -0.854. The minimum Gasteiger partial charge on any atom is -0.457 e. The first-order chi connectivity index (χ1) is 19.7. The number of benzene rings is 1. The maximum atomic E-state index is 11.9. The lowest BCUT2D eigenvalue weighted by molar-refractivity contribution is -0.312. The number of carbonyl (C=O) groups is 3. The molecule has 0 aromatic heterocycles. The zero-order valence-corrected chi connectivity index (χ0v) is 24.7. The summed E-state index contributed by atoms with van der Waals surface area (Å²) in [5.41, 5.74) is 0.932. The zero-order valence-electron chi connectivity index (χ0n) is 24.7. The van der Waals surface area contributed by atoms with Gasteiger partial charge in [0.1, 0.15) is 6.61 Å². The van der Waals surface area contributed by atoms with Gasteiger partial charge in [0.25, 0.3) is 0 Å². The fraction of sp³-hybridized carbons (Fsp3) is 0.700. The van der Waals surface area contributed by atoms with Crippen LogP contribution in [0.4, 0.5) is 4.79 Å². The second kappa shape index (κ2) is 16.6. The topological polar surface area (TPSA) is 128 Å². The number of nitrogens with one attached hydrogen (secondary N) is 1. The molecule has 1 aromatic carbocycles. The smallest absolute Gasteiger partial charge is 0.407 e. The van der Waals surface area contributed by atoms with E-state index in [0.29, 0.717) is 19.8 Å². The van der Waals surface area contributed by atoms with Crippen LogP contribution < -0.4 is 5.32 Å². The van der Waals surface area contributed by atoms with Gasteiger partial charge in [0.05, 0.1) is 19.3 Å². The summed E-state index contributed by atoms with van der Waals surface area (Å²) in [6.07, 6.45) is -1.32. The Kier molecular flexibility index (Phi) is 13.3. The lowest BCUT2D eigenvalue weighted by Crippen LogP contribution is -2.55. The number of unbranched alkanes of at least 4 members (excludes halogenated alkanes) is 2. The van der Waals surface area contributed by atoms with Crippen LogP contribution in [0, 0.1) is 17.8 Å². The van der Waals surface area contributed by atoms with Gasteiger partial charge in [-0.15, -0.1) is 0 Å². The summed E-state index contributed by atoms with van der Waals surface area (Å²) >= 11 is 0. The molecule has 11 heteroatoms. The van der Waals surface area contributed by atoms with E-state index in [1.54, 1.807) is 0 Å². The summed E-state index contributed by atoms with van der Waals surface area (Å²) in [6, 6.07) is 9.50. The van der Waals surface area contributed by atoms with E-state index in [9.17, 15) is 14.4 Å². The molecular formula is C30H45NO10. The normalized spacial score (nSPS) is 29.8. The summed E-state index contributed by atoms with van der Waals surface area (Å²) in [4.78, 5) is 35.5. The molecule has 0 radical (unpaired) electrons. The van der Waals surface area contributed by atoms with Gasteiger partial charge in [0, 0.05) is 38.8 Å². The van der Waals surface area contributed by atoms with E-state index in [1.165, 1.54) is 13.8 Å². The van der Waals surface area contributed by atoms with Gasteiger partial charge in [-0.3, -0.25) is 9.59 Å². The van der Waals surface area contributed by atoms with E-state index in [-0.39, 0.29) is 31.0 Å². The van der Waals surface area contributed by atoms with E-state index < -0.39 is 48.9 Å². The first-order valence-corrected chi connectivity index (χ1v) is 14.4. The quantitative estimate of drug-likeness (QED) is 0.208. The second-order valence-corrected chi connectivity index (χ2v) is 10.8. The fourth-order valence-corrected chi connectivity index (χ4v) is 4.83. The van der Waals surface area contributed by atoms with Gasteiger partial charge in [0.15, 0.2) is 24.8 Å². The molecule has 41 heavy (non-hydrogen) atoms. The van der Waals surface area contributed by atoms with Crippen molar-refractivity contribution in [1.29, 1.82) is 0 Å². The Morgan fingerprint density at radius 1 is 0.854 bits per heavy atom. The Hall–Kier alpha value is -2.73. The number of hydrogen-bond donors (Lipinski definition) is 1. The van der Waals surface area contributed by atoms with E-state index in [1.807, 2.05) is 51.1 Å². The Bertz CT molecular complexity index is 960. The van der Waals surface area contributed by atoms with Crippen molar-refractivity contribution in [3.05, 3.63) is 35.9 Å². The zero-order chi connectivity index (χ0) is 29.8. The molecule has 11 nitrogen and oxygen atoms in total. The van der Waals surface area contributed by atoms with E-state index in [4.69, 9.17) is 33.2 Å². The monoisotopic (exact) mass is 579 g/mol. The number of esters is 2. The molecule has 2 saturated heterocycles. The highest BCUT2D eigenvalue weighted by Gasteiger charge is 2.46. The number of ether oxygens (including phenoxy) is 7. The van der Waals surface area contributed by atoms with Gasteiger partial charge in [-0.05, 0) is 30.7 Å². The Labute approximate surface area is 242 Å². The maximum absolute atomic E-state index is 11.9. The number of alkyl carbamates (subject to hydrolysis) is 1. The van der Waals surface area contributed by atoms with Gasteiger partial charge in [-0.25, -0.2) is 4.79 Å². The van der Waals surface area contributed by atoms with Crippen molar-refractivity contribution in [3.63, 3.8) is 0 Å². The van der Waals surface area contributed by atoms with Gasteiger partial charge in [-0.2, -0.15) is 0 Å². The van der Waals surface area contributed by atoms with E-state index >= 15 is 0 Å². The molecule has 2 heterocycles. The van der Waals surface area contributed by atoms with Crippen molar-refractivity contribution in [3.8, 4) is 0 Å². The Morgan fingerprint density at radius 2 is 1.51 bits per heavy atom. The van der Waals surface area contributed by atoms with Crippen LogP contribution in [-0.4, -0.2) is 75.3 Å². The van der Waals surface area contributed by atoms with Crippen molar-refractivity contribution >= 4 is 18.0 Å². The van der Waals surface area contributed by atoms with Crippen LogP contribution >= 0.6 is 0 Å². The average molecular weight is 580 g/mol. The van der Waals surface area contributed by atoms with Crippen LogP contribution in [0.25, 0.3) is 0 Å². The predicted molar refractivity (Wildman–Crippen MR) is 147 cm³/mol. The van der Waals surface area contributed by atoms with Crippen LogP contribution in [0.3, 0.4) is 0 Å². The molecule has 230 valence electrons. The average Bonchev–Trinajstić information content (AvgIpc) is 2.94. The molecule has 0 bridgehead atoms. The van der Waals surface area contributed by atoms with Gasteiger partial charge in [-0.1, -0.05) is 51.1 Å². The standard InChI is InChI=1S/C30H45NO10/c1-19-16-36-29(26(20(19)2)39-22(4)32)41-25-18-37-28(27(21(25)3)40-23(5)33)35-15-11-7-10-14-31-30(34)38-17-24-12-8-6-9-13-24/h6,8-9,12-13,19-21,25-29H,7,10-11,14-18H2,1-5H3,(H,31,34)/t19-,20+,21+,25-,26?,27?,28-,29+/m1/s1. The number of rotatable bonds is 13. The van der Waals surface area contributed by atoms with Crippen LogP contribution in [0.1, 0.15) is 59.4 Å². The first-order valence-electron chi connectivity index (χ1n) is 14.4. The summed E-state index contributed by atoms with van der Waals surface area (Å²) in [7, 11) is 0. The van der Waals surface area contributed by atoms with Gasteiger partial charge in [0.2, 0.25) is 0 Å². The SMILES string of the molecule is CC(=O)OC1[C@H](O[C@@H]2CO[C@@H](OCCCCCNC(=O)OCc3ccccc3)C(OC(C)=O)[C@H]2C)OC[C@@H](C)[C@@H]1C. The number of amides is 1. The number of carbonyl (C=O) groups excluding carboxylic acids is 3. The maximum Gasteiger partial charge on any atom is 0.407 e. The molecule has 3 rings (SSSR count). The van der Waals surface area contributed by atoms with Crippen molar-refractivity contribution in [2.45, 2.75) is 91.4 Å². The predicted octanol–water partition coefficient (Wildman–Crippen LogP) is 3.97. The van der Waals surface area contributed by atoms with Crippen LogP contribution in [-0.2, 0) is 49.4 Å². The third kappa shape index (κ3) is 10.6. The molecule has 2 aliphatic rings. The van der Waals surface area contributed by atoms with Crippen molar-refractivity contribution in [1.82, 2.24) is 5.32 Å². The summed E-state index contributed by atoms with van der Waals surface area (Å²) in [5, 5.41) is 2.75. The van der Waals surface area contributed by atoms with Crippen LogP contribution in [0.2, 0.25) is 0 Å². The molecule has 1 amide bonds. The second-order valence-electron chi connectivity index (χ2n) is 10.8. The lowest BCUT2D eigenvalue weighted by Gasteiger charge is -2.44. The van der Waals surface area contributed by atoms with E-state index in [2.05, 4.69) is 5.32 Å². The highest BCUT2D eigenvalue weighted by Crippen LogP contribution is 2.33. The highest BCUT2D eigenvalue weighted by molar-refractivity contribution is 5.67. The van der Waals surface area contributed by atoms with Crippen LogP contribution in [0.5, 0.6) is 0 Å². The summed E-state index contributed by atoms with van der Waals surface area (Å²) < 4.78 is 40.4. The van der Waals surface area contributed by atoms with Crippen LogP contribution in [0.15, 0.2) is 30.3 Å². The third-order valence-corrected chi connectivity index (χ3v) is 7.50. The third-order valence-electron chi connectivity index (χ3n) is 7.50. The molecule has 0 saturated carbocycles. The molecule has 2 fully saturated rings. The first kappa shape index (κ1) is 32.8. The lowest BCUT2D eigenvalue weighted by atomic mass is 9.88. The van der Waals surface area contributed by atoms with Gasteiger partial charge < -0.3 is 38.5 Å². The molecular weight excluding hydrogens is 534 g/mol. The fourth-order valence-electron chi connectivity index (χ4n) is 4.83. The molecule has 0 aliphatic carbocycles. The molecule has 1 aromatic rings. The summed E-state index contributed by atoms with van der Waals surface area (Å²) in [6.45, 7) is 10.5. The molecule has 8 atom stereocenters. The molecule has 0 spiro atoms. The Balaban J connectivity index is 1.40. The van der Waals surface area contributed by atoms with Crippen molar-refractivity contribution in [2.24, 2.45) is 17.8 Å². The molecule has 2 aliphatic heterocycles. The Morgan fingerprint density at radius 3 is 2.20 bits per heavy atom. The van der Waals surface area contributed by atoms with Crippen molar-refractivity contribution < 1.29 is 47.5 Å². The number of hydrogen-bond acceptors (Lipinski definition) is 10. The van der Waals surface area contributed by atoms with Gasteiger partial charge >= 0.3 is 18.0 Å². The largest absolute Gasteiger partial charge is 0.457 e. The van der Waals surface area contributed by atoms with E-state index in [0.717, 1.165) is 24.8 Å².